The molecule has 31 heavy (non-hydrogen) atoms. The van der Waals surface area contributed by atoms with Crippen LogP contribution < -0.4 is 0 Å². The molecule has 3 heterocycles. The molecule has 0 radical (unpaired) electrons. The van der Waals surface area contributed by atoms with Crippen molar-refractivity contribution >= 4 is 22.7 Å². The number of benzene rings is 2. The number of likely N-dealkylation sites (tertiary alicyclic amines) is 1. The van der Waals surface area contributed by atoms with Gasteiger partial charge in [-0.15, -0.1) is 10.2 Å². The van der Waals surface area contributed by atoms with Crippen molar-refractivity contribution in [3.05, 3.63) is 83.8 Å². The molecular formula is C25H27N5S. The number of hydrogen-bond donors (Lipinski definition) is 0. The summed E-state index contributed by atoms with van der Waals surface area (Å²) in [5, 5.41) is 11.3. The maximum absolute atomic E-state index is 4.59. The van der Waals surface area contributed by atoms with E-state index in [0.717, 1.165) is 41.9 Å². The maximum atomic E-state index is 4.59. The van der Waals surface area contributed by atoms with Gasteiger partial charge in [0.25, 0.3) is 0 Å². The van der Waals surface area contributed by atoms with E-state index in [1.54, 1.807) is 11.8 Å². The first-order chi connectivity index (χ1) is 15.3. The highest BCUT2D eigenvalue weighted by Gasteiger charge is 2.26. The first kappa shape index (κ1) is 20.2. The van der Waals surface area contributed by atoms with Gasteiger partial charge in [0, 0.05) is 43.4 Å². The molecule has 0 bridgehead atoms. The first-order valence-corrected chi connectivity index (χ1v) is 11.9. The fourth-order valence-corrected chi connectivity index (χ4v) is 5.29. The smallest absolute Gasteiger partial charge is 0.191 e. The van der Waals surface area contributed by atoms with Crippen LogP contribution in [-0.2, 0) is 19.3 Å². The van der Waals surface area contributed by atoms with Crippen LogP contribution in [-0.4, -0.2) is 37.7 Å². The van der Waals surface area contributed by atoms with Crippen molar-refractivity contribution in [1.82, 2.24) is 24.6 Å². The van der Waals surface area contributed by atoms with Gasteiger partial charge in [0.1, 0.15) is 5.82 Å². The molecule has 2 aromatic heterocycles. The van der Waals surface area contributed by atoms with Gasteiger partial charge >= 0.3 is 0 Å². The van der Waals surface area contributed by atoms with Gasteiger partial charge in [-0.25, -0.2) is 0 Å². The Morgan fingerprint density at radius 1 is 1.00 bits per heavy atom. The Labute approximate surface area is 187 Å². The summed E-state index contributed by atoms with van der Waals surface area (Å²) in [6.45, 7) is 3.13. The van der Waals surface area contributed by atoms with E-state index in [0.29, 0.717) is 5.92 Å². The molecule has 1 atom stereocenters. The Balaban J connectivity index is 1.25. The zero-order valence-corrected chi connectivity index (χ0v) is 18.6. The zero-order chi connectivity index (χ0) is 21.0. The molecule has 2 aromatic carbocycles. The molecule has 1 aliphatic heterocycles. The molecule has 5 rings (SSSR count). The van der Waals surface area contributed by atoms with Gasteiger partial charge in [-0.3, -0.25) is 9.88 Å². The summed E-state index contributed by atoms with van der Waals surface area (Å²) in [5.74, 6) is 2.46. The molecule has 0 amide bonds. The number of piperidine rings is 1. The van der Waals surface area contributed by atoms with Gasteiger partial charge in [-0.2, -0.15) is 0 Å². The van der Waals surface area contributed by atoms with Crippen molar-refractivity contribution < 1.29 is 0 Å². The standard InChI is InChI=1S/C25H27N5S/c1-29-24(27-28-25(29)31-18-19-7-3-2-4-8-19)22-10-6-14-30(17-22)16-20-11-12-23-21(15-20)9-5-13-26-23/h2-5,7-9,11-13,15,22H,6,10,14,16-18H2,1H3. The predicted molar refractivity (Wildman–Crippen MR) is 126 cm³/mol. The number of fused-ring (bicyclic) bond motifs is 1. The molecule has 1 unspecified atom stereocenters. The minimum Gasteiger partial charge on any atom is -0.309 e. The summed E-state index contributed by atoms with van der Waals surface area (Å²) in [6, 6.07) is 21.3. The van der Waals surface area contributed by atoms with Crippen molar-refractivity contribution in [2.45, 2.75) is 36.2 Å². The Bertz CT molecular complexity index is 1160. The lowest BCUT2D eigenvalue weighted by Crippen LogP contribution is -2.34. The van der Waals surface area contributed by atoms with Crippen molar-refractivity contribution in [1.29, 1.82) is 0 Å². The van der Waals surface area contributed by atoms with Crippen LogP contribution in [0.3, 0.4) is 0 Å². The summed E-state index contributed by atoms with van der Waals surface area (Å²) in [5.41, 5.74) is 3.71. The van der Waals surface area contributed by atoms with Gasteiger partial charge < -0.3 is 4.57 Å². The average molecular weight is 430 g/mol. The Hall–Kier alpha value is -2.70. The summed E-state index contributed by atoms with van der Waals surface area (Å²) in [4.78, 5) is 6.99. The van der Waals surface area contributed by atoms with E-state index >= 15 is 0 Å². The molecule has 5 nitrogen and oxygen atoms in total. The summed E-state index contributed by atoms with van der Waals surface area (Å²) >= 11 is 1.76. The minimum absolute atomic E-state index is 0.430. The topological polar surface area (TPSA) is 46.8 Å². The van der Waals surface area contributed by atoms with Crippen molar-refractivity contribution in [3.63, 3.8) is 0 Å². The van der Waals surface area contributed by atoms with Crippen LogP contribution in [0.5, 0.6) is 0 Å². The number of nitrogens with zero attached hydrogens (tertiary/aromatic N) is 5. The molecule has 1 saturated heterocycles. The van der Waals surface area contributed by atoms with Crippen molar-refractivity contribution in [2.24, 2.45) is 7.05 Å². The zero-order valence-electron chi connectivity index (χ0n) is 17.8. The SMILES string of the molecule is Cn1c(SCc2ccccc2)nnc1C1CCCN(Cc2ccc3ncccc3c2)C1. The quantitative estimate of drug-likeness (QED) is 0.402. The number of aromatic nitrogens is 4. The Kier molecular flexibility index (Phi) is 6.00. The third-order valence-corrected chi connectivity index (χ3v) is 7.11. The highest BCUT2D eigenvalue weighted by molar-refractivity contribution is 7.98. The molecule has 158 valence electrons. The molecule has 6 heteroatoms. The second-order valence-corrected chi connectivity index (χ2v) is 9.22. The van der Waals surface area contributed by atoms with E-state index in [9.17, 15) is 0 Å². The van der Waals surface area contributed by atoms with Gasteiger partial charge in [0.2, 0.25) is 0 Å². The molecule has 1 fully saturated rings. The third-order valence-electron chi connectivity index (χ3n) is 6.02. The Morgan fingerprint density at radius 3 is 2.81 bits per heavy atom. The predicted octanol–water partition coefficient (Wildman–Crippen LogP) is 5.04. The summed E-state index contributed by atoms with van der Waals surface area (Å²) in [6.07, 6.45) is 4.22. The van der Waals surface area contributed by atoms with Gasteiger partial charge in [0.05, 0.1) is 5.52 Å². The molecule has 0 saturated carbocycles. The van der Waals surface area contributed by atoms with Crippen LogP contribution in [0, 0.1) is 0 Å². The first-order valence-electron chi connectivity index (χ1n) is 10.9. The molecule has 1 aliphatic rings. The lowest BCUT2D eigenvalue weighted by Gasteiger charge is -2.32. The number of rotatable bonds is 6. The lowest BCUT2D eigenvalue weighted by atomic mass is 9.96. The molecule has 0 N–H and O–H groups in total. The van der Waals surface area contributed by atoms with E-state index in [1.165, 1.54) is 29.4 Å². The summed E-state index contributed by atoms with van der Waals surface area (Å²) < 4.78 is 2.20. The van der Waals surface area contributed by atoms with Crippen LogP contribution in [0.2, 0.25) is 0 Å². The van der Waals surface area contributed by atoms with Crippen LogP contribution in [0.4, 0.5) is 0 Å². The molecule has 0 spiro atoms. The number of hydrogen-bond acceptors (Lipinski definition) is 5. The Morgan fingerprint density at radius 2 is 1.90 bits per heavy atom. The number of thioether (sulfide) groups is 1. The number of pyridine rings is 1. The van der Waals surface area contributed by atoms with E-state index in [4.69, 9.17) is 0 Å². The normalized spacial score (nSPS) is 17.3. The van der Waals surface area contributed by atoms with Crippen LogP contribution >= 0.6 is 11.8 Å². The van der Waals surface area contributed by atoms with Gasteiger partial charge in [-0.1, -0.05) is 54.2 Å². The highest BCUT2D eigenvalue weighted by atomic mass is 32.2. The third kappa shape index (κ3) is 4.65. The minimum atomic E-state index is 0.430. The molecular weight excluding hydrogens is 402 g/mol. The monoisotopic (exact) mass is 429 g/mol. The van der Waals surface area contributed by atoms with E-state index in [1.807, 2.05) is 12.3 Å². The second-order valence-electron chi connectivity index (χ2n) is 8.28. The van der Waals surface area contributed by atoms with Crippen LogP contribution in [0.25, 0.3) is 10.9 Å². The fourth-order valence-electron chi connectivity index (χ4n) is 4.42. The van der Waals surface area contributed by atoms with Crippen LogP contribution in [0.1, 0.15) is 35.7 Å². The molecule has 4 aromatic rings. The fraction of sp³-hybridized carbons (Fsp3) is 0.320. The van der Waals surface area contributed by atoms with E-state index in [2.05, 4.69) is 86.3 Å². The van der Waals surface area contributed by atoms with Crippen LogP contribution in [0.15, 0.2) is 72.0 Å². The largest absolute Gasteiger partial charge is 0.309 e. The van der Waals surface area contributed by atoms with E-state index in [-0.39, 0.29) is 0 Å². The maximum Gasteiger partial charge on any atom is 0.191 e. The summed E-state index contributed by atoms with van der Waals surface area (Å²) in [7, 11) is 2.11. The second kappa shape index (κ2) is 9.20. The van der Waals surface area contributed by atoms with Gasteiger partial charge in [-0.05, 0) is 48.7 Å². The molecule has 0 aliphatic carbocycles. The van der Waals surface area contributed by atoms with Crippen molar-refractivity contribution in [3.8, 4) is 0 Å². The highest BCUT2D eigenvalue weighted by Crippen LogP contribution is 2.29. The van der Waals surface area contributed by atoms with Crippen molar-refractivity contribution in [2.75, 3.05) is 13.1 Å². The van der Waals surface area contributed by atoms with Gasteiger partial charge in [0.15, 0.2) is 5.16 Å². The average Bonchev–Trinajstić information content (AvgIpc) is 3.19. The lowest BCUT2D eigenvalue weighted by molar-refractivity contribution is 0.195. The van der Waals surface area contributed by atoms with E-state index < -0.39 is 0 Å².